The van der Waals surface area contributed by atoms with Gasteiger partial charge < -0.3 is 20.0 Å². The summed E-state index contributed by atoms with van der Waals surface area (Å²) in [6.45, 7) is 7.03. The van der Waals surface area contributed by atoms with Crippen molar-refractivity contribution in [1.82, 2.24) is 14.9 Å². The van der Waals surface area contributed by atoms with Gasteiger partial charge in [-0.15, -0.1) is 0 Å². The Balaban J connectivity index is 2.90. The first-order valence-electron chi connectivity index (χ1n) is 5.88. The molecule has 96 valence electrons. The molecule has 1 N–H and O–H groups in total. The van der Waals surface area contributed by atoms with Gasteiger partial charge >= 0.3 is 5.82 Å². The summed E-state index contributed by atoms with van der Waals surface area (Å²) in [6.07, 6.45) is 2.54. The Morgan fingerprint density at radius 2 is 2.24 bits per heavy atom. The molecule has 0 aromatic carbocycles. The Bertz CT molecular complexity index is 389. The van der Waals surface area contributed by atoms with Gasteiger partial charge in [0.25, 0.3) is 0 Å². The molecule has 1 rings (SSSR count). The lowest BCUT2D eigenvalue weighted by Gasteiger charge is -2.20. The molecule has 0 aliphatic heterocycles. The number of nitro groups is 1. The van der Waals surface area contributed by atoms with Gasteiger partial charge in [-0.05, 0) is 29.8 Å². The molecule has 0 bridgehead atoms. The summed E-state index contributed by atoms with van der Waals surface area (Å²) >= 11 is 0. The summed E-state index contributed by atoms with van der Waals surface area (Å²) in [5.74, 6) is 0.0135. The highest BCUT2D eigenvalue weighted by Crippen LogP contribution is 2.26. The van der Waals surface area contributed by atoms with E-state index >= 15 is 0 Å². The lowest BCUT2D eigenvalue weighted by molar-refractivity contribution is -0.390. The van der Waals surface area contributed by atoms with E-state index in [0.29, 0.717) is 5.69 Å². The molecular formula is C11H20N4O2. The average molecular weight is 240 g/mol. The second-order valence-electron chi connectivity index (χ2n) is 4.35. The van der Waals surface area contributed by atoms with Crippen molar-refractivity contribution < 1.29 is 4.92 Å². The normalized spacial score (nSPS) is 14.6. The standard InChI is InChI=1S/C11H20N4O2/c1-5-6-12-9(3)8(2)10-11(15(16)17)13-7-14(10)4/h7-9,12H,5-6H2,1-4H3. The maximum Gasteiger partial charge on any atom is 0.385 e. The lowest BCUT2D eigenvalue weighted by atomic mass is 9.99. The van der Waals surface area contributed by atoms with Crippen LogP contribution in [0.25, 0.3) is 0 Å². The molecule has 0 aliphatic carbocycles. The fourth-order valence-corrected chi connectivity index (χ4v) is 1.88. The first kappa shape index (κ1) is 13.6. The Labute approximate surface area is 101 Å². The number of aryl methyl sites for hydroxylation is 1. The van der Waals surface area contributed by atoms with Gasteiger partial charge in [-0.25, -0.2) is 0 Å². The first-order chi connectivity index (χ1) is 7.99. The molecule has 0 radical (unpaired) electrons. The monoisotopic (exact) mass is 240 g/mol. The van der Waals surface area contributed by atoms with Crippen molar-refractivity contribution in [1.29, 1.82) is 0 Å². The maximum atomic E-state index is 10.9. The summed E-state index contributed by atoms with van der Waals surface area (Å²) in [5, 5.41) is 14.2. The van der Waals surface area contributed by atoms with Crippen molar-refractivity contribution in [3.63, 3.8) is 0 Å². The second kappa shape index (κ2) is 5.77. The third kappa shape index (κ3) is 3.03. The van der Waals surface area contributed by atoms with E-state index in [1.165, 1.54) is 6.33 Å². The molecule has 2 unspecified atom stereocenters. The Morgan fingerprint density at radius 1 is 1.59 bits per heavy atom. The van der Waals surface area contributed by atoms with Crippen LogP contribution in [0.1, 0.15) is 38.8 Å². The van der Waals surface area contributed by atoms with Crippen LogP contribution < -0.4 is 5.32 Å². The number of nitrogens with one attached hydrogen (secondary N) is 1. The number of hydrogen-bond donors (Lipinski definition) is 1. The number of imidazole rings is 1. The number of aromatic nitrogens is 2. The zero-order valence-corrected chi connectivity index (χ0v) is 10.8. The van der Waals surface area contributed by atoms with Crippen molar-refractivity contribution in [3.8, 4) is 0 Å². The van der Waals surface area contributed by atoms with Gasteiger partial charge in [0.1, 0.15) is 5.69 Å². The zero-order chi connectivity index (χ0) is 13.0. The molecule has 0 saturated carbocycles. The Morgan fingerprint density at radius 3 is 2.76 bits per heavy atom. The molecule has 0 aliphatic rings. The highest BCUT2D eigenvalue weighted by atomic mass is 16.6. The third-order valence-corrected chi connectivity index (χ3v) is 3.03. The molecular weight excluding hydrogens is 220 g/mol. The minimum Gasteiger partial charge on any atom is -0.358 e. The second-order valence-corrected chi connectivity index (χ2v) is 4.35. The third-order valence-electron chi connectivity index (χ3n) is 3.03. The lowest BCUT2D eigenvalue weighted by Crippen LogP contribution is -2.32. The highest BCUT2D eigenvalue weighted by molar-refractivity contribution is 5.31. The summed E-state index contributed by atoms with van der Waals surface area (Å²) < 4.78 is 1.73. The molecule has 17 heavy (non-hydrogen) atoms. The topological polar surface area (TPSA) is 73.0 Å². The molecule has 0 spiro atoms. The minimum absolute atomic E-state index is 0.0369. The Hall–Kier alpha value is -1.43. The number of nitrogens with zero attached hydrogens (tertiary/aromatic N) is 3. The van der Waals surface area contributed by atoms with E-state index in [9.17, 15) is 10.1 Å². The zero-order valence-electron chi connectivity index (χ0n) is 10.8. The van der Waals surface area contributed by atoms with Crippen LogP contribution in [0.15, 0.2) is 6.33 Å². The molecule has 1 aromatic heterocycles. The molecule has 1 aromatic rings. The summed E-state index contributed by atoms with van der Waals surface area (Å²) in [4.78, 5) is 14.3. The van der Waals surface area contributed by atoms with Crippen LogP contribution in [0.4, 0.5) is 5.82 Å². The molecule has 2 atom stereocenters. The van der Waals surface area contributed by atoms with E-state index in [1.807, 2.05) is 13.8 Å². The van der Waals surface area contributed by atoms with Crippen LogP contribution in [-0.4, -0.2) is 27.1 Å². The fraction of sp³-hybridized carbons (Fsp3) is 0.727. The largest absolute Gasteiger partial charge is 0.385 e. The molecule has 0 amide bonds. The van der Waals surface area contributed by atoms with Crippen LogP contribution in [-0.2, 0) is 7.05 Å². The SMILES string of the molecule is CCCNC(C)C(C)c1c([N+](=O)[O-])ncn1C. The van der Waals surface area contributed by atoms with Gasteiger partial charge in [0.2, 0.25) is 6.33 Å². The van der Waals surface area contributed by atoms with Crippen LogP contribution in [0.3, 0.4) is 0 Å². The van der Waals surface area contributed by atoms with Crippen molar-refractivity contribution >= 4 is 5.82 Å². The van der Waals surface area contributed by atoms with Crippen molar-refractivity contribution in [3.05, 3.63) is 22.1 Å². The first-order valence-corrected chi connectivity index (χ1v) is 5.88. The number of rotatable bonds is 6. The van der Waals surface area contributed by atoms with Gasteiger partial charge in [0.05, 0.1) is 0 Å². The molecule has 1 heterocycles. The summed E-state index contributed by atoms with van der Waals surface area (Å²) in [6, 6.07) is 0.184. The van der Waals surface area contributed by atoms with E-state index in [2.05, 4.69) is 17.2 Å². The maximum absolute atomic E-state index is 10.9. The van der Waals surface area contributed by atoms with Gasteiger partial charge in [-0.1, -0.05) is 13.8 Å². The Kier molecular flexibility index (Phi) is 4.62. The van der Waals surface area contributed by atoms with E-state index in [0.717, 1.165) is 13.0 Å². The van der Waals surface area contributed by atoms with Crippen LogP contribution >= 0.6 is 0 Å². The molecule has 0 fully saturated rings. The molecule has 0 saturated heterocycles. The van der Waals surface area contributed by atoms with E-state index < -0.39 is 4.92 Å². The van der Waals surface area contributed by atoms with Crippen LogP contribution in [0.5, 0.6) is 0 Å². The smallest absolute Gasteiger partial charge is 0.358 e. The highest BCUT2D eigenvalue weighted by Gasteiger charge is 2.27. The summed E-state index contributed by atoms with van der Waals surface area (Å²) in [7, 11) is 1.79. The van der Waals surface area contributed by atoms with Gasteiger partial charge in [0, 0.05) is 19.0 Å². The summed E-state index contributed by atoms with van der Waals surface area (Å²) in [5.41, 5.74) is 0.672. The number of hydrogen-bond acceptors (Lipinski definition) is 4. The molecule has 6 heteroatoms. The average Bonchev–Trinajstić information content (AvgIpc) is 2.67. The van der Waals surface area contributed by atoms with Gasteiger partial charge in [-0.2, -0.15) is 0 Å². The van der Waals surface area contributed by atoms with Gasteiger partial charge in [-0.3, -0.25) is 0 Å². The van der Waals surface area contributed by atoms with E-state index in [1.54, 1.807) is 11.6 Å². The molecule has 6 nitrogen and oxygen atoms in total. The van der Waals surface area contributed by atoms with Crippen molar-refractivity contribution in [2.75, 3.05) is 6.54 Å². The van der Waals surface area contributed by atoms with Crippen molar-refractivity contribution in [2.45, 2.75) is 39.2 Å². The minimum atomic E-state index is -0.418. The van der Waals surface area contributed by atoms with Crippen molar-refractivity contribution in [2.24, 2.45) is 7.05 Å². The van der Waals surface area contributed by atoms with E-state index in [-0.39, 0.29) is 17.8 Å². The predicted octanol–water partition coefficient (Wildman–Crippen LogP) is 1.82. The predicted molar refractivity (Wildman–Crippen MR) is 66.0 cm³/mol. The van der Waals surface area contributed by atoms with Crippen LogP contribution in [0.2, 0.25) is 0 Å². The quantitative estimate of drug-likeness (QED) is 0.608. The van der Waals surface area contributed by atoms with Gasteiger partial charge in [0.15, 0.2) is 0 Å². The van der Waals surface area contributed by atoms with E-state index in [4.69, 9.17) is 0 Å². The van der Waals surface area contributed by atoms with Crippen LogP contribution in [0, 0.1) is 10.1 Å². The fourth-order valence-electron chi connectivity index (χ4n) is 1.88.